The Morgan fingerprint density at radius 3 is 2.57 bits per heavy atom. The molecule has 0 aromatic heterocycles. The van der Waals surface area contributed by atoms with Gasteiger partial charge in [0.05, 0.1) is 11.3 Å². The summed E-state index contributed by atoms with van der Waals surface area (Å²) < 4.78 is 26.5. The van der Waals surface area contributed by atoms with Crippen LogP contribution in [0.2, 0.25) is 0 Å². The third kappa shape index (κ3) is 4.21. The zero-order valence-electron chi connectivity index (χ0n) is 15.9. The Bertz CT molecular complexity index is 1120. The topological polar surface area (TPSA) is 49.4 Å². The summed E-state index contributed by atoms with van der Waals surface area (Å²) in [6.45, 7) is 0.650. The first-order chi connectivity index (χ1) is 14.5. The van der Waals surface area contributed by atoms with E-state index in [2.05, 4.69) is 5.32 Å². The van der Waals surface area contributed by atoms with Crippen molar-refractivity contribution in [2.45, 2.75) is 11.3 Å². The third-order valence-electron chi connectivity index (χ3n) is 4.85. The van der Waals surface area contributed by atoms with Gasteiger partial charge in [-0.1, -0.05) is 30.3 Å². The number of nitrogens with one attached hydrogen (secondary N) is 1. The van der Waals surface area contributed by atoms with E-state index in [0.29, 0.717) is 17.0 Å². The Morgan fingerprint density at radius 2 is 1.73 bits per heavy atom. The van der Waals surface area contributed by atoms with Crippen molar-refractivity contribution in [3.05, 3.63) is 89.5 Å². The number of amides is 2. The van der Waals surface area contributed by atoms with Gasteiger partial charge in [0.15, 0.2) is 11.6 Å². The predicted molar refractivity (Wildman–Crippen MR) is 114 cm³/mol. The second kappa shape index (κ2) is 8.67. The number of para-hydroxylation sites is 1. The summed E-state index contributed by atoms with van der Waals surface area (Å²) in [5, 5.41) is 2.57. The van der Waals surface area contributed by atoms with E-state index in [4.69, 9.17) is 0 Å². The maximum atomic E-state index is 13.4. The fraction of sp³-hybridized carbons (Fsp3) is 0.130. The highest BCUT2D eigenvalue weighted by atomic mass is 32.2. The molecule has 0 fully saturated rings. The van der Waals surface area contributed by atoms with Crippen LogP contribution in [0.4, 0.5) is 20.2 Å². The number of carbonyl (C=O) groups excluding carboxylic acids is 2. The minimum absolute atomic E-state index is 0.0271. The number of carbonyl (C=O) groups is 2. The monoisotopic (exact) mass is 424 g/mol. The van der Waals surface area contributed by atoms with Gasteiger partial charge in [-0.15, -0.1) is 11.8 Å². The van der Waals surface area contributed by atoms with Gasteiger partial charge >= 0.3 is 0 Å². The van der Waals surface area contributed by atoms with E-state index in [1.165, 1.54) is 17.8 Å². The van der Waals surface area contributed by atoms with Crippen LogP contribution in [0.3, 0.4) is 0 Å². The van der Waals surface area contributed by atoms with Crippen LogP contribution in [0.1, 0.15) is 15.9 Å². The lowest BCUT2D eigenvalue weighted by molar-refractivity contribution is -0.116. The van der Waals surface area contributed by atoms with E-state index in [1.807, 2.05) is 24.3 Å². The molecule has 0 saturated carbocycles. The molecular weight excluding hydrogens is 406 g/mol. The van der Waals surface area contributed by atoms with Crippen LogP contribution >= 0.6 is 11.8 Å². The van der Waals surface area contributed by atoms with E-state index >= 15 is 0 Å². The van der Waals surface area contributed by atoms with E-state index < -0.39 is 17.5 Å². The molecule has 3 aromatic rings. The fourth-order valence-corrected chi connectivity index (χ4v) is 4.29. The number of hydrogen-bond donors (Lipinski definition) is 1. The maximum Gasteiger partial charge on any atom is 0.256 e. The Kier molecular flexibility index (Phi) is 5.81. The molecule has 152 valence electrons. The van der Waals surface area contributed by atoms with Gasteiger partial charge in [-0.05, 0) is 42.3 Å². The van der Waals surface area contributed by atoms with Crippen molar-refractivity contribution in [1.82, 2.24) is 0 Å². The van der Waals surface area contributed by atoms with Crippen molar-refractivity contribution in [3.63, 3.8) is 0 Å². The number of halogens is 2. The first kappa shape index (κ1) is 20.1. The van der Waals surface area contributed by atoms with E-state index in [0.717, 1.165) is 29.8 Å². The van der Waals surface area contributed by atoms with Crippen molar-refractivity contribution in [2.75, 3.05) is 22.5 Å². The number of nitrogens with zero attached hydrogens (tertiary/aromatic N) is 1. The van der Waals surface area contributed by atoms with Crippen LogP contribution in [0, 0.1) is 11.6 Å². The molecule has 0 spiro atoms. The van der Waals surface area contributed by atoms with Gasteiger partial charge in [-0.3, -0.25) is 9.59 Å². The van der Waals surface area contributed by atoms with Gasteiger partial charge < -0.3 is 10.2 Å². The normalized spacial score (nSPS) is 12.5. The van der Waals surface area contributed by atoms with Gasteiger partial charge in [-0.2, -0.15) is 0 Å². The molecule has 1 N–H and O–H groups in total. The quantitative estimate of drug-likeness (QED) is 0.593. The van der Waals surface area contributed by atoms with Crippen LogP contribution in [-0.4, -0.2) is 24.1 Å². The molecule has 0 atom stereocenters. The van der Waals surface area contributed by atoms with Crippen molar-refractivity contribution >= 4 is 35.0 Å². The lowest BCUT2D eigenvalue weighted by atomic mass is 10.2. The second-order valence-electron chi connectivity index (χ2n) is 6.79. The number of thioether (sulfide) groups is 1. The lowest BCUT2D eigenvalue weighted by Gasteiger charge is -2.17. The molecule has 0 radical (unpaired) electrons. The van der Waals surface area contributed by atoms with Crippen molar-refractivity contribution in [2.24, 2.45) is 0 Å². The Hall–Kier alpha value is -3.19. The summed E-state index contributed by atoms with van der Waals surface area (Å²) in [6, 6.07) is 17.9. The number of fused-ring (bicyclic) bond motifs is 1. The minimum atomic E-state index is -1.04. The second-order valence-corrected chi connectivity index (χ2v) is 7.81. The molecule has 7 heteroatoms. The lowest BCUT2D eigenvalue weighted by Crippen LogP contribution is -2.30. The van der Waals surface area contributed by atoms with Gasteiger partial charge in [0.1, 0.15) is 0 Å². The van der Waals surface area contributed by atoms with Crippen molar-refractivity contribution in [1.29, 1.82) is 0 Å². The summed E-state index contributed by atoms with van der Waals surface area (Å²) in [4.78, 5) is 27.8. The minimum Gasteiger partial charge on any atom is -0.322 e. The SMILES string of the molecule is O=C(Nc1ccc(F)c(F)c1)c1ccccc1SCC(=O)N1CCc2ccccc21. The molecule has 4 nitrogen and oxygen atoms in total. The molecule has 0 unspecified atom stereocenters. The van der Waals surface area contributed by atoms with Crippen molar-refractivity contribution < 1.29 is 18.4 Å². The van der Waals surface area contributed by atoms with Crippen LogP contribution < -0.4 is 10.2 Å². The number of rotatable bonds is 5. The Morgan fingerprint density at radius 1 is 0.967 bits per heavy atom. The summed E-state index contributed by atoms with van der Waals surface area (Å²) in [5.41, 5.74) is 2.61. The van der Waals surface area contributed by atoms with Gasteiger partial charge in [0.25, 0.3) is 5.91 Å². The van der Waals surface area contributed by atoms with Crippen LogP contribution in [0.5, 0.6) is 0 Å². The summed E-state index contributed by atoms with van der Waals surface area (Å²) in [7, 11) is 0. The third-order valence-corrected chi connectivity index (χ3v) is 5.91. The average Bonchev–Trinajstić information content (AvgIpc) is 3.19. The number of hydrogen-bond acceptors (Lipinski definition) is 3. The highest BCUT2D eigenvalue weighted by Gasteiger charge is 2.24. The summed E-state index contributed by atoms with van der Waals surface area (Å²) in [5.74, 6) is -2.31. The molecule has 0 aliphatic carbocycles. The molecule has 4 rings (SSSR count). The average molecular weight is 424 g/mol. The molecule has 0 saturated heterocycles. The highest BCUT2D eigenvalue weighted by molar-refractivity contribution is 8.00. The number of benzene rings is 3. The van der Waals surface area contributed by atoms with E-state index in [9.17, 15) is 18.4 Å². The maximum absolute atomic E-state index is 13.4. The first-order valence-corrected chi connectivity index (χ1v) is 10.4. The van der Waals surface area contributed by atoms with E-state index in [-0.39, 0.29) is 17.3 Å². The van der Waals surface area contributed by atoms with E-state index in [1.54, 1.807) is 29.2 Å². The standard InChI is InChI=1S/C23H18F2N2O2S/c24-18-10-9-16(13-19(18)25)26-23(29)17-6-2-4-8-21(17)30-14-22(28)27-12-11-15-5-1-3-7-20(15)27/h1-10,13H,11-12,14H2,(H,26,29). The first-order valence-electron chi connectivity index (χ1n) is 9.39. The van der Waals surface area contributed by atoms with Crippen LogP contribution in [-0.2, 0) is 11.2 Å². The zero-order valence-corrected chi connectivity index (χ0v) is 16.7. The van der Waals surface area contributed by atoms with Gasteiger partial charge in [0.2, 0.25) is 5.91 Å². The Balaban J connectivity index is 1.45. The Labute approximate surface area is 176 Å². The highest BCUT2D eigenvalue weighted by Crippen LogP contribution is 2.30. The predicted octanol–water partition coefficient (Wildman–Crippen LogP) is 4.90. The number of anilines is 2. The molecule has 3 aromatic carbocycles. The summed E-state index contributed by atoms with van der Waals surface area (Å²) in [6.07, 6.45) is 0.833. The smallest absolute Gasteiger partial charge is 0.256 e. The molecular formula is C23H18F2N2O2S. The van der Waals surface area contributed by atoms with Gasteiger partial charge in [-0.25, -0.2) is 8.78 Å². The largest absolute Gasteiger partial charge is 0.322 e. The van der Waals surface area contributed by atoms with Gasteiger partial charge in [0, 0.05) is 28.9 Å². The molecule has 1 aliphatic heterocycles. The summed E-state index contributed by atoms with van der Waals surface area (Å²) >= 11 is 1.28. The zero-order chi connectivity index (χ0) is 21.1. The molecule has 2 amide bonds. The van der Waals surface area contributed by atoms with Crippen molar-refractivity contribution in [3.8, 4) is 0 Å². The van der Waals surface area contributed by atoms with Crippen LogP contribution in [0.25, 0.3) is 0 Å². The molecule has 0 bridgehead atoms. The van der Waals surface area contributed by atoms with Crippen LogP contribution in [0.15, 0.2) is 71.6 Å². The molecule has 1 aliphatic rings. The fourth-order valence-electron chi connectivity index (χ4n) is 3.37. The molecule has 1 heterocycles. The molecule has 30 heavy (non-hydrogen) atoms.